The van der Waals surface area contributed by atoms with E-state index in [1.54, 1.807) is 6.20 Å². The average molecular weight is 265 g/mol. The van der Waals surface area contributed by atoms with Crippen molar-refractivity contribution in [1.29, 1.82) is 0 Å². The molecule has 1 aliphatic rings. The van der Waals surface area contributed by atoms with E-state index < -0.39 is 0 Å². The van der Waals surface area contributed by atoms with Gasteiger partial charge in [0.1, 0.15) is 6.54 Å². The second-order valence-corrected chi connectivity index (χ2v) is 6.14. The molecule has 1 unspecified atom stereocenters. The molecule has 19 heavy (non-hydrogen) atoms. The molecule has 0 aromatic carbocycles. The van der Waals surface area contributed by atoms with Crippen LogP contribution in [-0.4, -0.2) is 26.9 Å². The molecular formula is C13H23N5O. The molecule has 1 saturated carbocycles. The van der Waals surface area contributed by atoms with Gasteiger partial charge in [-0.05, 0) is 24.7 Å². The van der Waals surface area contributed by atoms with Crippen LogP contribution < -0.4 is 11.1 Å². The lowest BCUT2D eigenvalue weighted by molar-refractivity contribution is -0.123. The number of nitrogens with one attached hydrogen (secondary N) is 1. The Bertz CT molecular complexity index is 440. The summed E-state index contributed by atoms with van der Waals surface area (Å²) in [5.41, 5.74) is 6.49. The molecule has 1 heterocycles. The topological polar surface area (TPSA) is 85.8 Å². The minimum atomic E-state index is -0.00354. The molecule has 0 saturated heterocycles. The van der Waals surface area contributed by atoms with Gasteiger partial charge in [-0.2, -0.15) is 0 Å². The van der Waals surface area contributed by atoms with Crippen molar-refractivity contribution in [3.05, 3.63) is 11.9 Å². The van der Waals surface area contributed by atoms with Crippen LogP contribution in [0.3, 0.4) is 0 Å². The highest BCUT2D eigenvalue weighted by atomic mass is 16.2. The highest BCUT2D eigenvalue weighted by molar-refractivity contribution is 5.75. The van der Waals surface area contributed by atoms with Crippen molar-refractivity contribution in [2.75, 3.05) is 0 Å². The average Bonchev–Trinajstić information content (AvgIpc) is 2.75. The molecule has 3 N–H and O–H groups in total. The second kappa shape index (κ2) is 5.69. The van der Waals surface area contributed by atoms with Gasteiger partial charge in [-0.3, -0.25) is 4.79 Å². The van der Waals surface area contributed by atoms with Crippen LogP contribution in [0.4, 0.5) is 0 Å². The number of amides is 1. The Morgan fingerprint density at radius 1 is 1.63 bits per heavy atom. The van der Waals surface area contributed by atoms with Crippen molar-refractivity contribution < 1.29 is 4.79 Å². The van der Waals surface area contributed by atoms with Gasteiger partial charge >= 0.3 is 0 Å². The van der Waals surface area contributed by atoms with E-state index in [1.807, 2.05) is 0 Å². The van der Waals surface area contributed by atoms with Crippen molar-refractivity contribution in [1.82, 2.24) is 20.3 Å². The summed E-state index contributed by atoms with van der Waals surface area (Å²) in [7, 11) is 0. The second-order valence-electron chi connectivity index (χ2n) is 6.14. The van der Waals surface area contributed by atoms with E-state index >= 15 is 0 Å². The molecule has 0 spiro atoms. The SMILES string of the molecule is CC1(C)CCCC(NC(=O)Cn2cc(CN)nn2)C1. The standard InChI is InChI=1S/C13H23N5O/c1-13(2)5-3-4-10(6-13)15-12(19)9-18-8-11(7-14)16-17-18/h8,10H,3-7,9,14H2,1-2H3,(H,15,19). The minimum Gasteiger partial charge on any atom is -0.352 e. The maximum absolute atomic E-state index is 12.0. The summed E-state index contributed by atoms with van der Waals surface area (Å²) in [6.07, 6.45) is 6.25. The number of hydrogen-bond acceptors (Lipinski definition) is 4. The number of carbonyl (C=O) groups is 1. The Morgan fingerprint density at radius 3 is 3.05 bits per heavy atom. The van der Waals surface area contributed by atoms with E-state index in [1.165, 1.54) is 17.5 Å². The Balaban J connectivity index is 1.84. The van der Waals surface area contributed by atoms with Crippen molar-refractivity contribution in [3.63, 3.8) is 0 Å². The summed E-state index contributed by atoms with van der Waals surface area (Å²) in [5.74, 6) is -0.00354. The van der Waals surface area contributed by atoms with Gasteiger partial charge in [0.15, 0.2) is 0 Å². The minimum absolute atomic E-state index is 0.00354. The van der Waals surface area contributed by atoms with Crippen LogP contribution in [0.5, 0.6) is 0 Å². The molecule has 1 aromatic heterocycles. The molecule has 6 nitrogen and oxygen atoms in total. The fourth-order valence-electron chi connectivity index (χ4n) is 2.75. The van der Waals surface area contributed by atoms with Crippen LogP contribution in [0.2, 0.25) is 0 Å². The highest BCUT2D eigenvalue weighted by Gasteiger charge is 2.28. The van der Waals surface area contributed by atoms with Crippen LogP contribution in [-0.2, 0) is 17.9 Å². The fourth-order valence-corrected chi connectivity index (χ4v) is 2.75. The van der Waals surface area contributed by atoms with Crippen molar-refractivity contribution in [2.24, 2.45) is 11.1 Å². The van der Waals surface area contributed by atoms with Gasteiger partial charge in [-0.1, -0.05) is 25.5 Å². The van der Waals surface area contributed by atoms with Crippen LogP contribution in [0.1, 0.15) is 45.2 Å². The smallest absolute Gasteiger partial charge is 0.242 e. The van der Waals surface area contributed by atoms with Crippen LogP contribution in [0.15, 0.2) is 6.20 Å². The Morgan fingerprint density at radius 2 is 2.42 bits per heavy atom. The number of carbonyl (C=O) groups excluding carboxylic acids is 1. The summed E-state index contributed by atoms with van der Waals surface area (Å²) in [6, 6.07) is 0.286. The number of nitrogens with zero attached hydrogens (tertiary/aromatic N) is 3. The van der Waals surface area contributed by atoms with Crippen molar-refractivity contribution >= 4 is 5.91 Å². The van der Waals surface area contributed by atoms with E-state index in [0.29, 0.717) is 17.7 Å². The third-order valence-electron chi connectivity index (χ3n) is 3.67. The monoisotopic (exact) mass is 265 g/mol. The normalized spacial score (nSPS) is 22.2. The molecule has 106 valence electrons. The van der Waals surface area contributed by atoms with Crippen molar-refractivity contribution in [3.8, 4) is 0 Å². The van der Waals surface area contributed by atoms with Gasteiger partial charge in [-0.15, -0.1) is 5.10 Å². The van der Waals surface area contributed by atoms with E-state index in [9.17, 15) is 4.79 Å². The molecule has 0 bridgehead atoms. The molecule has 2 rings (SSSR count). The maximum Gasteiger partial charge on any atom is 0.242 e. The largest absolute Gasteiger partial charge is 0.352 e. The number of hydrogen-bond donors (Lipinski definition) is 2. The number of rotatable bonds is 4. The first-order chi connectivity index (χ1) is 8.98. The van der Waals surface area contributed by atoms with Crippen LogP contribution >= 0.6 is 0 Å². The van der Waals surface area contributed by atoms with Gasteiger partial charge in [0.05, 0.1) is 11.9 Å². The zero-order valence-corrected chi connectivity index (χ0v) is 11.7. The third kappa shape index (κ3) is 4.02. The summed E-state index contributed by atoms with van der Waals surface area (Å²) in [5, 5.41) is 10.8. The lowest BCUT2D eigenvalue weighted by Crippen LogP contribution is -2.42. The van der Waals surface area contributed by atoms with E-state index in [-0.39, 0.29) is 18.5 Å². The molecule has 1 atom stereocenters. The summed E-state index contributed by atoms with van der Waals surface area (Å²) in [4.78, 5) is 12.0. The molecular weight excluding hydrogens is 242 g/mol. The van der Waals surface area contributed by atoms with E-state index in [2.05, 4.69) is 29.5 Å². The molecule has 6 heteroatoms. The fraction of sp³-hybridized carbons (Fsp3) is 0.769. The molecule has 1 amide bonds. The molecule has 1 fully saturated rings. The summed E-state index contributed by atoms with van der Waals surface area (Å²) < 4.78 is 1.53. The lowest BCUT2D eigenvalue weighted by atomic mass is 9.75. The van der Waals surface area contributed by atoms with Gasteiger partial charge in [0.2, 0.25) is 5.91 Å². The molecule has 0 aliphatic heterocycles. The zero-order chi connectivity index (χ0) is 13.9. The van der Waals surface area contributed by atoms with Crippen molar-refractivity contribution in [2.45, 2.75) is 58.7 Å². The van der Waals surface area contributed by atoms with Crippen LogP contribution in [0.25, 0.3) is 0 Å². The Hall–Kier alpha value is -1.43. The highest BCUT2D eigenvalue weighted by Crippen LogP contribution is 2.34. The van der Waals surface area contributed by atoms with Crippen LogP contribution in [0, 0.1) is 5.41 Å². The predicted octanol–water partition coefficient (Wildman–Crippen LogP) is 0.822. The van der Waals surface area contributed by atoms with E-state index in [0.717, 1.165) is 12.8 Å². The molecule has 0 radical (unpaired) electrons. The first-order valence-corrected chi connectivity index (χ1v) is 6.87. The quantitative estimate of drug-likeness (QED) is 0.844. The van der Waals surface area contributed by atoms with Gasteiger partial charge in [-0.25, -0.2) is 4.68 Å². The summed E-state index contributed by atoms with van der Waals surface area (Å²) in [6.45, 7) is 5.08. The lowest BCUT2D eigenvalue weighted by Gasteiger charge is -2.35. The zero-order valence-electron chi connectivity index (χ0n) is 11.7. The van der Waals surface area contributed by atoms with Gasteiger partial charge in [0.25, 0.3) is 0 Å². The molecule has 1 aliphatic carbocycles. The number of nitrogens with two attached hydrogens (primary N) is 1. The first kappa shape index (κ1) is 14.0. The first-order valence-electron chi connectivity index (χ1n) is 6.87. The molecule has 1 aromatic rings. The Labute approximate surface area is 113 Å². The predicted molar refractivity (Wildman–Crippen MR) is 72.1 cm³/mol. The van der Waals surface area contributed by atoms with Gasteiger partial charge < -0.3 is 11.1 Å². The van der Waals surface area contributed by atoms with Gasteiger partial charge in [0, 0.05) is 12.6 Å². The Kier molecular flexibility index (Phi) is 4.19. The summed E-state index contributed by atoms with van der Waals surface area (Å²) >= 11 is 0. The third-order valence-corrected chi connectivity index (χ3v) is 3.67. The number of aromatic nitrogens is 3. The maximum atomic E-state index is 12.0. The van der Waals surface area contributed by atoms with E-state index in [4.69, 9.17) is 5.73 Å².